The summed E-state index contributed by atoms with van der Waals surface area (Å²) in [4.78, 5) is 0. The second-order valence-electron chi connectivity index (χ2n) is 4.20. The lowest BCUT2D eigenvalue weighted by Gasteiger charge is -1.98. The molecule has 0 saturated heterocycles. The van der Waals surface area contributed by atoms with Crippen LogP contribution in [0.4, 0.5) is 0 Å². The number of hydrogen-bond donors (Lipinski definition) is 0. The van der Waals surface area contributed by atoms with Crippen molar-refractivity contribution in [3.05, 3.63) is 59.7 Å². The first-order valence-corrected chi connectivity index (χ1v) is 8.03. The van der Waals surface area contributed by atoms with Gasteiger partial charge in [0.2, 0.25) is 0 Å². The Morgan fingerprint density at radius 3 is 1.30 bits per heavy atom. The van der Waals surface area contributed by atoms with Crippen molar-refractivity contribution in [3.63, 3.8) is 0 Å². The Labute approximate surface area is 125 Å². The average Bonchev–Trinajstić information content (AvgIpc) is 2.91. The van der Waals surface area contributed by atoms with E-state index in [1.165, 1.54) is 28.7 Å². The van der Waals surface area contributed by atoms with Crippen molar-refractivity contribution in [2.45, 2.75) is 54.4 Å². The molecule has 0 nitrogen and oxygen atoms in total. The molecule has 0 N–H and O–H groups in total. The molecule has 0 heteroatoms. The van der Waals surface area contributed by atoms with Crippen LogP contribution in [-0.2, 0) is 6.42 Å². The molecule has 110 valence electrons. The first-order valence-electron chi connectivity index (χ1n) is 8.03. The van der Waals surface area contributed by atoms with Gasteiger partial charge in [0, 0.05) is 0 Å². The largest absolute Gasteiger partial charge is 0.0683 e. The number of hydrogen-bond acceptors (Lipinski definition) is 0. The van der Waals surface area contributed by atoms with Gasteiger partial charge in [-0.2, -0.15) is 0 Å². The molecule has 0 aromatic heterocycles. The Balaban J connectivity index is 0.000000451. The molecule has 0 bridgehead atoms. The van der Waals surface area contributed by atoms with Gasteiger partial charge in [-0.05, 0) is 28.7 Å². The van der Waals surface area contributed by atoms with Crippen LogP contribution in [0.1, 0.15) is 59.1 Å². The van der Waals surface area contributed by atoms with E-state index in [0.717, 1.165) is 6.42 Å². The van der Waals surface area contributed by atoms with Gasteiger partial charge in [0.05, 0.1) is 0 Å². The Kier molecular flexibility index (Phi) is 10.4. The standard InChI is InChI=1S/C13H10.C3H8.2C2H6/c1-3-7-12-10(5-1)9-11-6-2-4-8-13(11)12;1-3-2;2*1-2/h1-8H,9H2;3H2,1-2H3;2*1-2H3. The fourth-order valence-corrected chi connectivity index (χ4v) is 2.08. The molecule has 0 amide bonds. The second-order valence-corrected chi connectivity index (χ2v) is 4.20. The lowest BCUT2D eigenvalue weighted by molar-refractivity contribution is 1.09. The summed E-state index contributed by atoms with van der Waals surface area (Å²) in [5.41, 5.74) is 5.75. The van der Waals surface area contributed by atoms with Crippen LogP contribution in [0.25, 0.3) is 11.1 Å². The molecule has 1 aliphatic rings. The smallest absolute Gasteiger partial charge is 0.00135 e. The molecule has 0 fully saturated rings. The lowest BCUT2D eigenvalue weighted by atomic mass is 10.1. The predicted octanol–water partition coefficient (Wildman–Crippen LogP) is 6.73. The van der Waals surface area contributed by atoms with Gasteiger partial charge in [-0.3, -0.25) is 0 Å². The summed E-state index contributed by atoms with van der Waals surface area (Å²) in [5.74, 6) is 0. The summed E-state index contributed by atoms with van der Waals surface area (Å²) in [5, 5.41) is 0. The van der Waals surface area contributed by atoms with Gasteiger partial charge in [0.25, 0.3) is 0 Å². The lowest BCUT2D eigenvalue weighted by Crippen LogP contribution is -1.77. The van der Waals surface area contributed by atoms with Crippen LogP contribution in [-0.4, -0.2) is 0 Å². The topological polar surface area (TPSA) is 0 Å². The third-order valence-corrected chi connectivity index (χ3v) is 2.71. The Morgan fingerprint density at radius 1 is 0.650 bits per heavy atom. The monoisotopic (exact) mass is 270 g/mol. The Hall–Kier alpha value is -1.56. The van der Waals surface area contributed by atoms with Crippen molar-refractivity contribution in [1.82, 2.24) is 0 Å². The van der Waals surface area contributed by atoms with E-state index >= 15 is 0 Å². The van der Waals surface area contributed by atoms with E-state index < -0.39 is 0 Å². The Morgan fingerprint density at radius 2 is 0.950 bits per heavy atom. The fourth-order valence-electron chi connectivity index (χ4n) is 2.08. The SMILES string of the molecule is CC.CC.CCC.c1ccc2c(c1)Cc1ccccc1-2. The molecule has 0 spiro atoms. The molecule has 1 aliphatic carbocycles. The van der Waals surface area contributed by atoms with Gasteiger partial charge >= 0.3 is 0 Å². The number of fused-ring (bicyclic) bond motifs is 3. The quantitative estimate of drug-likeness (QED) is 0.425. The first kappa shape index (κ1) is 18.4. The van der Waals surface area contributed by atoms with Crippen LogP contribution in [0.5, 0.6) is 0 Å². The molecular formula is C20H30. The summed E-state index contributed by atoms with van der Waals surface area (Å²) < 4.78 is 0. The van der Waals surface area contributed by atoms with Crippen molar-refractivity contribution in [1.29, 1.82) is 0 Å². The third kappa shape index (κ3) is 4.85. The number of rotatable bonds is 0. The van der Waals surface area contributed by atoms with E-state index in [4.69, 9.17) is 0 Å². The van der Waals surface area contributed by atoms with Crippen LogP contribution >= 0.6 is 0 Å². The van der Waals surface area contributed by atoms with Crippen LogP contribution in [0, 0.1) is 0 Å². The molecule has 0 aliphatic heterocycles. The molecule has 0 heterocycles. The van der Waals surface area contributed by atoms with Crippen molar-refractivity contribution >= 4 is 0 Å². The van der Waals surface area contributed by atoms with E-state index in [2.05, 4.69) is 62.4 Å². The van der Waals surface area contributed by atoms with E-state index in [0.29, 0.717) is 0 Å². The van der Waals surface area contributed by atoms with Crippen LogP contribution in [0.3, 0.4) is 0 Å². The van der Waals surface area contributed by atoms with E-state index in [9.17, 15) is 0 Å². The zero-order valence-corrected chi connectivity index (χ0v) is 14.0. The van der Waals surface area contributed by atoms with E-state index in [1.54, 1.807) is 0 Å². The minimum Gasteiger partial charge on any atom is -0.0683 e. The molecule has 2 aromatic rings. The molecular weight excluding hydrogens is 240 g/mol. The maximum absolute atomic E-state index is 2.22. The maximum atomic E-state index is 2.22. The van der Waals surface area contributed by atoms with E-state index in [-0.39, 0.29) is 0 Å². The molecule has 0 radical (unpaired) electrons. The average molecular weight is 270 g/mol. The minimum atomic E-state index is 1.10. The minimum absolute atomic E-state index is 1.10. The highest BCUT2D eigenvalue weighted by molar-refractivity contribution is 5.76. The maximum Gasteiger partial charge on any atom is -0.00135 e. The third-order valence-electron chi connectivity index (χ3n) is 2.71. The van der Waals surface area contributed by atoms with Crippen molar-refractivity contribution in [2.75, 3.05) is 0 Å². The van der Waals surface area contributed by atoms with E-state index in [1.807, 2.05) is 27.7 Å². The Bertz CT molecular complexity index is 425. The molecule has 3 rings (SSSR count). The normalized spacial score (nSPS) is 9.50. The van der Waals surface area contributed by atoms with Gasteiger partial charge in [-0.1, -0.05) is 96.5 Å². The zero-order valence-electron chi connectivity index (χ0n) is 14.0. The fraction of sp³-hybridized carbons (Fsp3) is 0.400. The number of benzene rings is 2. The van der Waals surface area contributed by atoms with Gasteiger partial charge < -0.3 is 0 Å². The van der Waals surface area contributed by atoms with Gasteiger partial charge in [-0.25, -0.2) is 0 Å². The van der Waals surface area contributed by atoms with Gasteiger partial charge in [0.1, 0.15) is 0 Å². The highest BCUT2D eigenvalue weighted by Crippen LogP contribution is 2.35. The van der Waals surface area contributed by atoms with Crippen LogP contribution < -0.4 is 0 Å². The van der Waals surface area contributed by atoms with Crippen molar-refractivity contribution in [2.24, 2.45) is 0 Å². The summed E-state index contributed by atoms with van der Waals surface area (Å²) in [6.07, 6.45) is 2.35. The molecule has 0 saturated carbocycles. The van der Waals surface area contributed by atoms with Crippen LogP contribution in [0.2, 0.25) is 0 Å². The predicted molar refractivity (Wildman–Crippen MR) is 93.3 cm³/mol. The van der Waals surface area contributed by atoms with Crippen LogP contribution in [0.15, 0.2) is 48.5 Å². The van der Waals surface area contributed by atoms with Crippen molar-refractivity contribution in [3.8, 4) is 11.1 Å². The summed E-state index contributed by atoms with van der Waals surface area (Å²) in [6, 6.07) is 17.3. The second kappa shape index (κ2) is 11.3. The zero-order chi connectivity index (χ0) is 15.4. The highest BCUT2D eigenvalue weighted by atomic mass is 14.2. The van der Waals surface area contributed by atoms with Gasteiger partial charge in [0.15, 0.2) is 0 Å². The summed E-state index contributed by atoms with van der Waals surface area (Å²) in [7, 11) is 0. The summed E-state index contributed by atoms with van der Waals surface area (Å²) in [6.45, 7) is 12.2. The van der Waals surface area contributed by atoms with Crippen molar-refractivity contribution < 1.29 is 0 Å². The molecule has 0 unspecified atom stereocenters. The van der Waals surface area contributed by atoms with Gasteiger partial charge in [-0.15, -0.1) is 0 Å². The molecule has 0 atom stereocenters. The highest BCUT2D eigenvalue weighted by Gasteiger charge is 2.15. The summed E-state index contributed by atoms with van der Waals surface area (Å²) >= 11 is 0. The molecule has 20 heavy (non-hydrogen) atoms. The molecule has 2 aromatic carbocycles. The first-order chi connectivity index (χ1) is 9.86.